The van der Waals surface area contributed by atoms with Gasteiger partial charge in [0.05, 0.1) is 40.3 Å². The van der Waals surface area contributed by atoms with E-state index >= 15 is 0 Å². The number of nitrogens with zero attached hydrogens (tertiary/aromatic N) is 1. The number of nitriles is 1. The second kappa shape index (κ2) is 10.9. The summed E-state index contributed by atoms with van der Waals surface area (Å²) >= 11 is 18.3. The van der Waals surface area contributed by atoms with Gasteiger partial charge in [-0.1, -0.05) is 40.9 Å². The fourth-order valence-electron chi connectivity index (χ4n) is 3.55. The molecule has 0 aromatic heterocycles. The van der Waals surface area contributed by atoms with Gasteiger partial charge in [-0.3, -0.25) is 0 Å². The number of hydrogen-bond acceptors (Lipinski definition) is 7. The van der Waals surface area contributed by atoms with Gasteiger partial charge in [-0.2, -0.15) is 5.26 Å². The SMILES string of the molecule is CCOC(=O)C1=C(C)OC(N)=C(C#N)C1c1ccc(OC)c(COc2cc(Cl)c(Cl)cc2Cl)c1. The zero-order chi connectivity index (χ0) is 25.0. The van der Waals surface area contributed by atoms with Gasteiger partial charge in [0.25, 0.3) is 0 Å². The molecular weight excluding hydrogens is 503 g/mol. The molecule has 0 amide bonds. The maximum atomic E-state index is 12.8. The molecule has 1 unspecified atom stereocenters. The summed E-state index contributed by atoms with van der Waals surface area (Å²) in [6.07, 6.45) is 0. The molecule has 3 rings (SSSR count). The second-order valence-electron chi connectivity index (χ2n) is 7.17. The minimum atomic E-state index is -0.795. The lowest BCUT2D eigenvalue weighted by Crippen LogP contribution is -2.25. The van der Waals surface area contributed by atoms with Crippen molar-refractivity contribution < 1.29 is 23.7 Å². The molecule has 0 saturated heterocycles. The van der Waals surface area contributed by atoms with Gasteiger partial charge in [0, 0.05) is 11.6 Å². The van der Waals surface area contributed by atoms with E-state index in [1.54, 1.807) is 32.0 Å². The summed E-state index contributed by atoms with van der Waals surface area (Å²) in [7, 11) is 1.52. The normalized spacial score (nSPS) is 15.5. The van der Waals surface area contributed by atoms with Crippen LogP contribution in [0.5, 0.6) is 11.5 Å². The average Bonchev–Trinajstić information content (AvgIpc) is 2.80. The van der Waals surface area contributed by atoms with Crippen molar-refractivity contribution in [3.8, 4) is 17.6 Å². The van der Waals surface area contributed by atoms with Crippen LogP contribution in [0, 0.1) is 11.3 Å². The smallest absolute Gasteiger partial charge is 0.338 e. The Morgan fingerprint density at radius 1 is 1.15 bits per heavy atom. The molecule has 2 aromatic carbocycles. The number of allylic oxidation sites excluding steroid dienone is 2. The fourth-order valence-corrected chi connectivity index (χ4v) is 4.14. The van der Waals surface area contributed by atoms with Crippen molar-refractivity contribution in [1.29, 1.82) is 5.26 Å². The largest absolute Gasteiger partial charge is 0.496 e. The number of carbonyl (C=O) groups is 1. The van der Waals surface area contributed by atoms with E-state index in [0.717, 1.165) is 0 Å². The minimum Gasteiger partial charge on any atom is -0.496 e. The Morgan fingerprint density at radius 2 is 1.85 bits per heavy atom. The van der Waals surface area contributed by atoms with Crippen LogP contribution in [-0.4, -0.2) is 19.7 Å². The molecule has 10 heteroatoms. The number of ether oxygens (including phenoxy) is 4. The van der Waals surface area contributed by atoms with Gasteiger partial charge >= 0.3 is 5.97 Å². The molecule has 7 nitrogen and oxygen atoms in total. The summed E-state index contributed by atoms with van der Waals surface area (Å²) in [5, 5.41) is 10.7. The van der Waals surface area contributed by atoms with Gasteiger partial charge in [0.1, 0.15) is 35.5 Å². The lowest BCUT2D eigenvalue weighted by Gasteiger charge is -2.27. The van der Waals surface area contributed by atoms with Crippen molar-refractivity contribution in [2.24, 2.45) is 5.73 Å². The Balaban J connectivity index is 2.04. The number of methoxy groups -OCH3 is 1. The highest BCUT2D eigenvalue weighted by Crippen LogP contribution is 2.41. The zero-order valence-corrected chi connectivity index (χ0v) is 20.8. The predicted octanol–water partition coefficient (Wildman–Crippen LogP) is 5.88. The lowest BCUT2D eigenvalue weighted by atomic mass is 9.82. The molecule has 178 valence electrons. The fraction of sp³-hybridized carbons (Fsp3) is 0.250. The Labute approximate surface area is 212 Å². The Hall–Kier alpha value is -3.05. The first-order valence-corrected chi connectivity index (χ1v) is 11.2. The van der Waals surface area contributed by atoms with Crippen LogP contribution >= 0.6 is 34.8 Å². The molecule has 0 radical (unpaired) electrons. The molecule has 0 fully saturated rings. The van der Waals surface area contributed by atoms with Crippen molar-refractivity contribution in [3.63, 3.8) is 0 Å². The molecule has 2 N–H and O–H groups in total. The van der Waals surface area contributed by atoms with Gasteiger partial charge < -0.3 is 24.7 Å². The molecule has 1 aliphatic rings. The van der Waals surface area contributed by atoms with Crippen molar-refractivity contribution in [2.45, 2.75) is 26.4 Å². The monoisotopic (exact) mass is 522 g/mol. The highest BCUT2D eigenvalue weighted by molar-refractivity contribution is 6.43. The van der Waals surface area contributed by atoms with E-state index in [0.29, 0.717) is 37.7 Å². The molecule has 1 atom stereocenters. The zero-order valence-electron chi connectivity index (χ0n) is 18.6. The Bertz CT molecular complexity index is 1230. The maximum absolute atomic E-state index is 12.8. The van der Waals surface area contributed by atoms with Crippen molar-refractivity contribution >= 4 is 40.8 Å². The van der Waals surface area contributed by atoms with Crippen LogP contribution in [0.1, 0.15) is 30.9 Å². The third-order valence-corrected chi connectivity index (χ3v) is 6.11. The molecule has 0 spiro atoms. The first-order valence-electron chi connectivity index (χ1n) is 10.1. The summed E-state index contributed by atoms with van der Waals surface area (Å²) in [5.41, 5.74) is 7.50. The topological polar surface area (TPSA) is 104 Å². The number of benzene rings is 2. The van der Waals surface area contributed by atoms with Crippen molar-refractivity contribution in [2.75, 3.05) is 13.7 Å². The standard InChI is InChI=1S/C24H21Cl3N2O5/c1-4-32-24(30)21-12(2)34-23(29)15(10-28)22(21)13-5-6-19(31-3)14(7-13)11-33-20-9-17(26)16(25)8-18(20)27/h5-9,22H,4,11,29H2,1-3H3. The van der Waals surface area contributed by atoms with Gasteiger partial charge in [-0.25, -0.2) is 4.79 Å². The van der Waals surface area contributed by atoms with Gasteiger partial charge in [0.2, 0.25) is 5.88 Å². The van der Waals surface area contributed by atoms with Crippen LogP contribution in [0.2, 0.25) is 15.1 Å². The second-order valence-corrected chi connectivity index (χ2v) is 8.39. The Morgan fingerprint density at radius 3 is 2.50 bits per heavy atom. The first-order chi connectivity index (χ1) is 16.2. The Kier molecular flexibility index (Phi) is 8.21. The summed E-state index contributed by atoms with van der Waals surface area (Å²) < 4.78 is 22.0. The van der Waals surface area contributed by atoms with E-state index in [-0.39, 0.29) is 36.0 Å². The number of nitrogens with two attached hydrogens (primary N) is 1. The molecule has 0 saturated carbocycles. The summed E-state index contributed by atoms with van der Waals surface area (Å²) in [6.45, 7) is 3.50. The van der Waals surface area contributed by atoms with Gasteiger partial charge in [-0.15, -0.1) is 0 Å². The molecular formula is C24H21Cl3N2O5. The third kappa shape index (κ3) is 5.20. The number of halogens is 3. The van der Waals surface area contributed by atoms with E-state index in [1.165, 1.54) is 19.2 Å². The van der Waals surface area contributed by atoms with E-state index in [4.69, 9.17) is 59.5 Å². The molecule has 2 aromatic rings. The highest BCUT2D eigenvalue weighted by atomic mass is 35.5. The summed E-state index contributed by atoms with van der Waals surface area (Å²) in [6, 6.07) is 10.3. The molecule has 34 heavy (non-hydrogen) atoms. The molecule has 0 bridgehead atoms. The summed E-state index contributed by atoms with van der Waals surface area (Å²) in [5.74, 6) is -0.344. The number of esters is 1. The average molecular weight is 524 g/mol. The third-order valence-electron chi connectivity index (χ3n) is 5.10. The van der Waals surface area contributed by atoms with E-state index < -0.39 is 11.9 Å². The lowest BCUT2D eigenvalue weighted by molar-refractivity contribution is -0.139. The van der Waals surface area contributed by atoms with Crippen LogP contribution in [0.4, 0.5) is 0 Å². The van der Waals surface area contributed by atoms with Crippen LogP contribution in [0.15, 0.2) is 53.1 Å². The van der Waals surface area contributed by atoms with Crippen molar-refractivity contribution in [1.82, 2.24) is 0 Å². The van der Waals surface area contributed by atoms with Crippen molar-refractivity contribution in [3.05, 3.63) is 79.3 Å². The van der Waals surface area contributed by atoms with Gasteiger partial charge in [-0.05, 0) is 37.6 Å². The number of carbonyl (C=O) groups excluding carboxylic acids is 1. The molecule has 1 aliphatic heterocycles. The number of hydrogen-bond donors (Lipinski definition) is 1. The predicted molar refractivity (Wildman–Crippen MR) is 129 cm³/mol. The van der Waals surface area contributed by atoms with E-state index in [2.05, 4.69) is 6.07 Å². The van der Waals surface area contributed by atoms with Crippen LogP contribution in [-0.2, 0) is 20.9 Å². The number of rotatable bonds is 7. The van der Waals surface area contributed by atoms with E-state index in [9.17, 15) is 10.1 Å². The minimum absolute atomic E-state index is 0.0520. The molecule has 1 heterocycles. The van der Waals surface area contributed by atoms with E-state index in [1.807, 2.05) is 0 Å². The van der Waals surface area contributed by atoms with Crippen LogP contribution in [0.25, 0.3) is 0 Å². The summed E-state index contributed by atoms with van der Waals surface area (Å²) in [4.78, 5) is 12.8. The van der Waals surface area contributed by atoms with Crippen LogP contribution in [0.3, 0.4) is 0 Å². The van der Waals surface area contributed by atoms with Crippen LogP contribution < -0.4 is 15.2 Å². The van der Waals surface area contributed by atoms with Gasteiger partial charge in [0.15, 0.2) is 0 Å². The highest BCUT2D eigenvalue weighted by Gasteiger charge is 2.36. The maximum Gasteiger partial charge on any atom is 0.338 e. The first kappa shape index (κ1) is 25.6. The quantitative estimate of drug-likeness (QED) is 0.357. The molecule has 0 aliphatic carbocycles.